The second-order valence-corrected chi connectivity index (χ2v) is 6.38. The molecule has 0 atom stereocenters. The van der Waals surface area contributed by atoms with Crippen molar-refractivity contribution >= 4 is 34.2 Å². The van der Waals surface area contributed by atoms with Crippen LogP contribution in [0.4, 0.5) is 16.3 Å². The molecule has 2 N–H and O–H groups in total. The Morgan fingerprint density at radius 1 is 0.931 bits per heavy atom. The molecule has 2 amide bonds. The number of rotatable bonds is 4. The third kappa shape index (κ3) is 4.08. The van der Waals surface area contributed by atoms with Crippen LogP contribution < -0.4 is 10.6 Å². The number of fused-ring (bicyclic) bond motifs is 1. The Bertz CT molecular complexity index is 1210. The smallest absolute Gasteiger partial charge is 0.308 e. The maximum Gasteiger partial charge on any atom is 0.324 e. The lowest BCUT2D eigenvalue weighted by Gasteiger charge is -2.12. The Morgan fingerprint density at radius 2 is 1.83 bits per heavy atom. The number of carbonyl (C=O) groups excluding carboxylic acids is 2. The highest BCUT2D eigenvalue weighted by molar-refractivity contribution is 6.03. The predicted octanol–water partition coefficient (Wildman–Crippen LogP) is 4.54. The molecule has 0 aliphatic carbocycles. The molecule has 0 aliphatic heterocycles. The van der Waals surface area contributed by atoms with Gasteiger partial charge >= 0.3 is 6.03 Å². The first kappa shape index (κ1) is 18.2. The van der Waals surface area contributed by atoms with Gasteiger partial charge in [0.1, 0.15) is 5.82 Å². The molecule has 3 heterocycles. The average Bonchev–Trinajstić information content (AvgIpc) is 2.74. The summed E-state index contributed by atoms with van der Waals surface area (Å²) < 4.78 is 0. The molecule has 0 fully saturated rings. The maximum atomic E-state index is 12.6. The minimum absolute atomic E-state index is 0.0729. The van der Waals surface area contributed by atoms with E-state index in [1.165, 1.54) is 6.92 Å². The van der Waals surface area contributed by atoms with Crippen LogP contribution in [0.1, 0.15) is 17.3 Å². The number of urea groups is 1. The summed E-state index contributed by atoms with van der Waals surface area (Å²) >= 11 is 0. The molecule has 4 aromatic rings. The summed E-state index contributed by atoms with van der Waals surface area (Å²) in [6.07, 6.45) is 5.04. The summed E-state index contributed by atoms with van der Waals surface area (Å²) in [6.45, 7) is 1.48. The maximum absolute atomic E-state index is 12.6. The molecule has 0 unspecified atom stereocenters. The quantitative estimate of drug-likeness (QED) is 0.504. The van der Waals surface area contributed by atoms with E-state index in [1.807, 2.05) is 24.3 Å². The van der Waals surface area contributed by atoms with E-state index in [0.29, 0.717) is 33.8 Å². The van der Waals surface area contributed by atoms with Crippen LogP contribution >= 0.6 is 0 Å². The zero-order chi connectivity index (χ0) is 20.2. The fourth-order valence-corrected chi connectivity index (χ4v) is 2.92. The first-order valence-electron chi connectivity index (χ1n) is 8.95. The first-order valence-corrected chi connectivity index (χ1v) is 8.95. The molecule has 0 saturated heterocycles. The van der Waals surface area contributed by atoms with Crippen molar-refractivity contribution in [2.75, 3.05) is 10.6 Å². The Balaban J connectivity index is 1.67. The molecule has 3 aromatic heterocycles. The molecule has 7 heteroatoms. The van der Waals surface area contributed by atoms with Crippen LogP contribution in [-0.2, 0) is 0 Å². The summed E-state index contributed by atoms with van der Waals surface area (Å²) in [5.41, 5.74) is 3.10. The van der Waals surface area contributed by atoms with Crippen molar-refractivity contribution in [1.29, 1.82) is 0 Å². The number of nitrogens with zero attached hydrogens (tertiary/aromatic N) is 3. The van der Waals surface area contributed by atoms with E-state index in [2.05, 4.69) is 25.6 Å². The molecular weight excluding hydrogens is 366 g/mol. The third-order valence-corrected chi connectivity index (χ3v) is 4.31. The molecule has 0 radical (unpaired) electrons. The Hall–Kier alpha value is -4.13. The number of ketones is 1. The molecule has 4 rings (SSSR count). The van der Waals surface area contributed by atoms with E-state index in [9.17, 15) is 9.59 Å². The monoisotopic (exact) mass is 383 g/mol. The first-order chi connectivity index (χ1) is 14.1. The van der Waals surface area contributed by atoms with E-state index in [4.69, 9.17) is 0 Å². The van der Waals surface area contributed by atoms with Gasteiger partial charge in [0.05, 0.1) is 11.2 Å². The minimum Gasteiger partial charge on any atom is -0.308 e. The van der Waals surface area contributed by atoms with Gasteiger partial charge in [-0.2, -0.15) is 0 Å². The number of pyridine rings is 3. The van der Waals surface area contributed by atoms with Crippen LogP contribution in [0.25, 0.3) is 22.2 Å². The normalized spacial score (nSPS) is 10.5. The van der Waals surface area contributed by atoms with E-state index in [0.717, 1.165) is 5.39 Å². The van der Waals surface area contributed by atoms with Crippen LogP contribution in [0, 0.1) is 0 Å². The van der Waals surface area contributed by atoms with Crippen molar-refractivity contribution < 1.29 is 9.59 Å². The van der Waals surface area contributed by atoms with Gasteiger partial charge in [-0.15, -0.1) is 0 Å². The number of anilines is 2. The van der Waals surface area contributed by atoms with Crippen LogP contribution in [-0.4, -0.2) is 26.8 Å². The number of benzene rings is 1. The zero-order valence-corrected chi connectivity index (χ0v) is 15.6. The van der Waals surface area contributed by atoms with Crippen molar-refractivity contribution in [3.63, 3.8) is 0 Å². The lowest BCUT2D eigenvalue weighted by atomic mass is 10.1. The van der Waals surface area contributed by atoms with Gasteiger partial charge in [0.2, 0.25) is 0 Å². The van der Waals surface area contributed by atoms with Crippen molar-refractivity contribution in [3.8, 4) is 11.3 Å². The predicted molar refractivity (Wildman–Crippen MR) is 112 cm³/mol. The second kappa shape index (κ2) is 7.85. The van der Waals surface area contributed by atoms with Gasteiger partial charge in [-0.05, 0) is 43.3 Å². The summed E-state index contributed by atoms with van der Waals surface area (Å²) in [5.74, 6) is 0.305. The van der Waals surface area contributed by atoms with Gasteiger partial charge < -0.3 is 5.32 Å². The summed E-state index contributed by atoms with van der Waals surface area (Å²) in [5, 5.41) is 6.37. The fourth-order valence-electron chi connectivity index (χ4n) is 2.92. The Labute approximate surface area is 166 Å². The highest BCUT2D eigenvalue weighted by atomic mass is 16.2. The van der Waals surface area contributed by atoms with Gasteiger partial charge in [-0.1, -0.05) is 18.2 Å². The lowest BCUT2D eigenvalue weighted by Crippen LogP contribution is -2.21. The van der Waals surface area contributed by atoms with Gasteiger partial charge in [0.25, 0.3) is 0 Å². The Kier molecular flexibility index (Phi) is 4.94. The van der Waals surface area contributed by atoms with Crippen molar-refractivity contribution in [3.05, 3.63) is 78.8 Å². The highest BCUT2D eigenvalue weighted by Crippen LogP contribution is 2.28. The van der Waals surface area contributed by atoms with Crippen LogP contribution in [0.2, 0.25) is 0 Å². The number of hydrogen-bond acceptors (Lipinski definition) is 5. The number of hydrogen-bond donors (Lipinski definition) is 2. The minimum atomic E-state index is -0.469. The molecule has 0 spiro atoms. The van der Waals surface area contributed by atoms with Gasteiger partial charge in [-0.25, -0.2) is 9.78 Å². The number of nitrogens with one attached hydrogen (secondary N) is 2. The molecule has 142 valence electrons. The molecule has 0 aliphatic rings. The van der Waals surface area contributed by atoms with E-state index >= 15 is 0 Å². The van der Waals surface area contributed by atoms with Crippen molar-refractivity contribution in [2.24, 2.45) is 0 Å². The summed E-state index contributed by atoms with van der Waals surface area (Å²) in [7, 11) is 0. The average molecular weight is 383 g/mol. The van der Waals surface area contributed by atoms with E-state index in [-0.39, 0.29) is 5.78 Å². The topological polar surface area (TPSA) is 96.9 Å². The van der Waals surface area contributed by atoms with Crippen LogP contribution in [0.15, 0.2) is 73.2 Å². The van der Waals surface area contributed by atoms with Crippen LogP contribution in [0.3, 0.4) is 0 Å². The second-order valence-electron chi connectivity index (χ2n) is 6.38. The van der Waals surface area contributed by atoms with E-state index < -0.39 is 6.03 Å². The van der Waals surface area contributed by atoms with Gasteiger partial charge in [0.15, 0.2) is 5.78 Å². The SMILES string of the molecule is CC(=O)c1cccc(NC(=O)Nc2nc3ccncc3cc2-c2ccccn2)c1. The molecule has 1 aromatic carbocycles. The largest absolute Gasteiger partial charge is 0.324 e. The molecule has 29 heavy (non-hydrogen) atoms. The fraction of sp³-hybridized carbons (Fsp3) is 0.0455. The van der Waals surface area contributed by atoms with E-state index in [1.54, 1.807) is 48.9 Å². The van der Waals surface area contributed by atoms with Crippen molar-refractivity contribution in [2.45, 2.75) is 6.92 Å². The lowest BCUT2D eigenvalue weighted by molar-refractivity contribution is 0.101. The van der Waals surface area contributed by atoms with Gasteiger partial charge in [0, 0.05) is 40.8 Å². The molecular formula is C22H17N5O2. The van der Waals surface area contributed by atoms with Crippen LogP contribution in [0.5, 0.6) is 0 Å². The van der Waals surface area contributed by atoms with Gasteiger partial charge in [-0.3, -0.25) is 20.1 Å². The Morgan fingerprint density at radius 3 is 2.62 bits per heavy atom. The standard InChI is InChI=1S/C22H17N5O2/c1-14(28)15-5-4-6-17(11-15)25-22(29)27-21-18(20-7-2-3-9-24-20)12-16-13-23-10-8-19(16)26-21/h2-13H,1H3,(H2,25,26,27,29). The highest BCUT2D eigenvalue weighted by Gasteiger charge is 2.13. The number of amides is 2. The van der Waals surface area contributed by atoms with Crippen molar-refractivity contribution in [1.82, 2.24) is 15.0 Å². The zero-order valence-electron chi connectivity index (χ0n) is 15.6. The molecule has 0 saturated carbocycles. The molecule has 7 nitrogen and oxygen atoms in total. The number of Topliss-reactive ketones (excluding diaryl/α,β-unsaturated/α-hetero) is 1. The summed E-state index contributed by atoms with van der Waals surface area (Å²) in [4.78, 5) is 37.2. The third-order valence-electron chi connectivity index (χ3n) is 4.31. The molecule has 0 bridgehead atoms. The number of carbonyl (C=O) groups is 2. The number of aromatic nitrogens is 3. The summed E-state index contributed by atoms with van der Waals surface area (Å²) in [6, 6.07) is 15.5.